The van der Waals surface area contributed by atoms with Crippen LogP contribution in [0.4, 0.5) is 0 Å². The maximum Gasteiger partial charge on any atom is 0.110 e. The Hall–Kier alpha value is -0.320. The van der Waals surface area contributed by atoms with Crippen molar-refractivity contribution in [2.45, 2.75) is 32.3 Å². The third-order valence-corrected chi connectivity index (χ3v) is 1.50. The van der Waals surface area contributed by atoms with E-state index < -0.39 is 16.9 Å². The molecule has 1 atom stereocenters. The lowest BCUT2D eigenvalue weighted by Crippen LogP contribution is -2.30. The van der Waals surface area contributed by atoms with Crippen molar-refractivity contribution in [1.29, 1.82) is 0 Å². The molecule has 0 aromatic heterocycles. The minimum atomic E-state index is -0.660. The fraction of sp³-hybridized carbons (Fsp3) is 1.00. The topological polar surface area (TPSA) is 106 Å². The Morgan fingerprint density at radius 3 is 2.21 bits per heavy atom. The van der Waals surface area contributed by atoms with Crippen molar-refractivity contribution in [3.05, 3.63) is 0 Å². The summed E-state index contributed by atoms with van der Waals surface area (Å²) in [4.78, 5) is 8.75. The van der Waals surface area contributed by atoms with Crippen LogP contribution < -0.4 is 0 Å². The molecule has 0 unspecified atom stereocenters. The van der Waals surface area contributed by atoms with Crippen molar-refractivity contribution in [3.8, 4) is 0 Å². The Labute approximate surface area is 81.2 Å². The first-order chi connectivity index (χ1) is 6.56. The van der Waals surface area contributed by atoms with E-state index in [0.717, 1.165) is 12.8 Å². The summed E-state index contributed by atoms with van der Waals surface area (Å²) in [7, 11) is 0. The molecule has 0 aromatic carbocycles. The summed E-state index contributed by atoms with van der Waals surface area (Å²) in [6.45, 7) is 1.75. The number of rotatable bonds is 8. The molecule has 0 heterocycles. The molecule has 4 N–H and O–H groups in total. The van der Waals surface area contributed by atoms with Crippen LogP contribution in [0.15, 0.2) is 0 Å². The van der Waals surface area contributed by atoms with Crippen molar-refractivity contribution in [3.63, 3.8) is 0 Å². The van der Waals surface area contributed by atoms with Crippen molar-refractivity contribution < 1.29 is 30.5 Å². The third kappa shape index (κ3) is 8.29. The Bertz CT molecular complexity index is 133. The molecular weight excluding hydrogens is 196 g/mol. The van der Waals surface area contributed by atoms with Crippen LogP contribution in [0.2, 0.25) is 0 Å². The lowest BCUT2D eigenvalue weighted by Gasteiger charge is -2.18. The third-order valence-electron chi connectivity index (χ3n) is 1.50. The van der Waals surface area contributed by atoms with E-state index in [1.807, 2.05) is 6.92 Å². The highest BCUT2D eigenvalue weighted by atomic mass is 17.1. The van der Waals surface area contributed by atoms with Crippen LogP contribution in [-0.4, -0.2) is 44.3 Å². The molecule has 0 aliphatic rings. The molecular formula is C6H16N2O6. The second-order valence-corrected chi connectivity index (χ2v) is 2.67. The second-order valence-electron chi connectivity index (χ2n) is 2.67. The molecule has 0 fully saturated rings. The predicted octanol–water partition coefficient (Wildman–Crippen LogP) is 0.569. The minimum absolute atomic E-state index is 0.204. The molecule has 8 heteroatoms. The maximum atomic E-state index is 8.36. The first-order valence-corrected chi connectivity index (χ1v) is 4.21. The quantitative estimate of drug-likeness (QED) is 0.433. The van der Waals surface area contributed by atoms with Gasteiger partial charge >= 0.3 is 0 Å². The van der Waals surface area contributed by atoms with Gasteiger partial charge in [-0.2, -0.15) is 0 Å². The zero-order chi connectivity index (χ0) is 11.0. The van der Waals surface area contributed by atoms with Crippen LogP contribution in [0.25, 0.3) is 0 Å². The molecule has 0 aliphatic carbocycles. The van der Waals surface area contributed by atoms with Gasteiger partial charge in [0.15, 0.2) is 0 Å². The zero-order valence-corrected chi connectivity index (χ0v) is 7.91. The van der Waals surface area contributed by atoms with E-state index in [0.29, 0.717) is 6.42 Å². The molecule has 8 nitrogen and oxygen atoms in total. The average Bonchev–Trinajstić information content (AvgIpc) is 2.09. The van der Waals surface area contributed by atoms with E-state index in [1.54, 1.807) is 0 Å². The first kappa shape index (κ1) is 13.7. The summed E-state index contributed by atoms with van der Waals surface area (Å²) >= 11 is 0. The van der Waals surface area contributed by atoms with Crippen LogP contribution in [0, 0.1) is 0 Å². The normalized spacial score (nSPS) is 13.9. The lowest BCUT2D eigenvalue weighted by molar-refractivity contribution is -0.527. The molecule has 0 aromatic rings. The van der Waals surface area contributed by atoms with Gasteiger partial charge < -0.3 is 0 Å². The smallest absolute Gasteiger partial charge is 0.110 e. The molecule has 0 spiro atoms. The average molecular weight is 212 g/mol. The molecule has 0 saturated carbocycles. The van der Waals surface area contributed by atoms with E-state index in [-0.39, 0.29) is 6.61 Å². The summed E-state index contributed by atoms with van der Waals surface area (Å²) in [5, 5.41) is 32.3. The highest BCUT2D eigenvalue weighted by molar-refractivity contribution is 4.53. The van der Waals surface area contributed by atoms with Gasteiger partial charge in [-0.25, -0.2) is 9.68 Å². The predicted molar refractivity (Wildman–Crippen MR) is 41.2 cm³/mol. The van der Waals surface area contributed by atoms with Crippen molar-refractivity contribution in [2.24, 2.45) is 0 Å². The summed E-state index contributed by atoms with van der Waals surface area (Å²) in [5.41, 5.74) is 0. The van der Waals surface area contributed by atoms with Gasteiger partial charge in [-0.15, -0.1) is 0 Å². The Balaban J connectivity index is 3.72. The van der Waals surface area contributed by atoms with Crippen molar-refractivity contribution in [1.82, 2.24) is 10.8 Å². The van der Waals surface area contributed by atoms with Crippen LogP contribution in [-0.2, 0) is 9.68 Å². The second kappa shape index (κ2) is 8.03. The molecule has 0 radical (unpaired) electrons. The monoisotopic (exact) mass is 212 g/mol. The minimum Gasteiger partial charge on any atom is -0.266 e. The summed E-state index contributed by atoms with van der Waals surface area (Å²) in [5.74, 6) is 0. The van der Waals surface area contributed by atoms with Crippen molar-refractivity contribution >= 4 is 0 Å². The summed E-state index contributed by atoms with van der Waals surface area (Å²) in [6.07, 6.45) is 1.53. The van der Waals surface area contributed by atoms with Crippen LogP contribution in [0.5, 0.6) is 0 Å². The Morgan fingerprint density at radius 2 is 1.79 bits per heavy atom. The van der Waals surface area contributed by atoms with E-state index in [2.05, 4.69) is 9.68 Å². The zero-order valence-electron chi connectivity index (χ0n) is 7.91. The van der Waals surface area contributed by atoms with E-state index in [4.69, 9.17) is 20.8 Å². The number of nitrogens with zero attached hydrogens (tertiary/aromatic N) is 2. The summed E-state index contributed by atoms with van der Waals surface area (Å²) in [6, 6.07) is 0. The maximum absolute atomic E-state index is 8.36. The fourth-order valence-corrected chi connectivity index (χ4v) is 0.881. The molecule has 0 aliphatic heterocycles. The Kier molecular flexibility index (Phi) is 7.84. The van der Waals surface area contributed by atoms with Gasteiger partial charge in [-0.1, -0.05) is 19.8 Å². The highest BCUT2D eigenvalue weighted by Crippen LogP contribution is 2.06. The van der Waals surface area contributed by atoms with Gasteiger partial charge in [0, 0.05) is 0 Å². The Morgan fingerprint density at radius 1 is 1.14 bits per heavy atom. The van der Waals surface area contributed by atoms with E-state index >= 15 is 0 Å². The highest BCUT2D eigenvalue weighted by Gasteiger charge is 2.14. The number of hydrogen-bond donors (Lipinski definition) is 4. The van der Waals surface area contributed by atoms with Crippen LogP contribution >= 0.6 is 0 Å². The molecule has 0 rings (SSSR count). The van der Waals surface area contributed by atoms with Gasteiger partial charge in [0.1, 0.15) is 12.7 Å². The summed E-state index contributed by atoms with van der Waals surface area (Å²) < 4.78 is 0. The standard InChI is InChI=1S/C6H16N2O6/c1-2-3-4-6(14-8(11)12)5-13-7(9)10/h6,9-12H,2-5H2,1H3/t6-/m1/s1. The van der Waals surface area contributed by atoms with Gasteiger partial charge in [0.2, 0.25) is 0 Å². The first-order valence-electron chi connectivity index (χ1n) is 4.21. The van der Waals surface area contributed by atoms with Gasteiger partial charge in [-0.05, 0) is 6.42 Å². The van der Waals surface area contributed by atoms with Crippen LogP contribution in [0.1, 0.15) is 26.2 Å². The van der Waals surface area contributed by atoms with Gasteiger partial charge in [0.25, 0.3) is 0 Å². The molecule has 0 amide bonds. The fourth-order valence-electron chi connectivity index (χ4n) is 0.881. The SMILES string of the molecule is CCCC[C@H](CON(O)O)ON(O)O. The van der Waals surface area contributed by atoms with Crippen molar-refractivity contribution in [2.75, 3.05) is 6.61 Å². The molecule has 14 heavy (non-hydrogen) atoms. The largest absolute Gasteiger partial charge is 0.266 e. The van der Waals surface area contributed by atoms with E-state index in [1.165, 1.54) is 0 Å². The molecule has 86 valence electrons. The molecule has 0 bridgehead atoms. The van der Waals surface area contributed by atoms with Crippen LogP contribution in [0.3, 0.4) is 0 Å². The number of unbranched alkanes of at least 4 members (excludes halogenated alkanes) is 1. The lowest BCUT2D eigenvalue weighted by atomic mass is 10.2. The van der Waals surface area contributed by atoms with Gasteiger partial charge in [0.05, 0.1) is 10.8 Å². The number of hydrogen-bond acceptors (Lipinski definition) is 8. The molecule has 0 saturated heterocycles. The van der Waals surface area contributed by atoms with Gasteiger partial charge in [-0.3, -0.25) is 20.8 Å². The van der Waals surface area contributed by atoms with E-state index in [9.17, 15) is 0 Å².